The van der Waals surface area contributed by atoms with Crippen LogP contribution in [0.2, 0.25) is 0 Å². The van der Waals surface area contributed by atoms with Crippen LogP contribution in [-0.4, -0.2) is 65.9 Å². The van der Waals surface area contributed by atoms with E-state index < -0.39 is 5.66 Å². The Balaban J connectivity index is 1.26. The second-order valence-corrected chi connectivity index (χ2v) is 9.78. The molecule has 0 radical (unpaired) electrons. The van der Waals surface area contributed by atoms with Gasteiger partial charge in [0.2, 0.25) is 11.8 Å². The molecule has 4 rings (SSSR count). The summed E-state index contributed by atoms with van der Waals surface area (Å²) in [5.74, 6) is 0.686. The number of carbonyl (C=O) groups is 3. The number of nitrogens with one attached hydrogen (secondary N) is 1. The molecule has 2 atom stereocenters. The van der Waals surface area contributed by atoms with Gasteiger partial charge in [0.1, 0.15) is 5.66 Å². The number of amides is 3. The molecule has 0 bridgehead atoms. The van der Waals surface area contributed by atoms with Crippen LogP contribution in [0.5, 0.6) is 0 Å². The number of anilines is 1. The maximum Gasteiger partial charge on any atom is 0.257 e. The summed E-state index contributed by atoms with van der Waals surface area (Å²) in [5, 5.41) is 3.01. The van der Waals surface area contributed by atoms with Crippen molar-refractivity contribution >= 4 is 23.4 Å². The zero-order valence-electron chi connectivity index (χ0n) is 19.4. The number of fused-ring (bicyclic) bond motifs is 3. The highest BCUT2D eigenvalue weighted by Crippen LogP contribution is 2.43. The minimum absolute atomic E-state index is 0.0324. The summed E-state index contributed by atoms with van der Waals surface area (Å²) >= 11 is 0. The molecule has 32 heavy (non-hydrogen) atoms. The van der Waals surface area contributed by atoms with Crippen LogP contribution >= 0.6 is 0 Å². The number of hydrogen-bond acceptors (Lipinski definition) is 4. The van der Waals surface area contributed by atoms with E-state index in [1.807, 2.05) is 25.1 Å². The topological polar surface area (TPSA) is 73.0 Å². The fourth-order valence-electron chi connectivity index (χ4n) is 5.52. The first-order chi connectivity index (χ1) is 15.4. The minimum atomic E-state index is -0.700. The van der Waals surface area contributed by atoms with Crippen LogP contribution in [0.3, 0.4) is 0 Å². The van der Waals surface area contributed by atoms with Gasteiger partial charge in [-0.2, -0.15) is 0 Å². The molecule has 0 aliphatic carbocycles. The first kappa shape index (κ1) is 22.8. The highest BCUT2D eigenvalue weighted by atomic mass is 16.2. The van der Waals surface area contributed by atoms with Crippen molar-refractivity contribution in [3.8, 4) is 0 Å². The molecule has 2 fully saturated rings. The second kappa shape index (κ2) is 9.61. The van der Waals surface area contributed by atoms with E-state index in [2.05, 4.69) is 17.1 Å². The third-order valence-electron chi connectivity index (χ3n) is 7.27. The van der Waals surface area contributed by atoms with Crippen LogP contribution < -0.4 is 10.2 Å². The second-order valence-electron chi connectivity index (χ2n) is 9.78. The van der Waals surface area contributed by atoms with E-state index in [1.165, 1.54) is 25.9 Å². The molecular formula is C25H36N4O3. The van der Waals surface area contributed by atoms with Crippen LogP contribution in [0.25, 0.3) is 0 Å². The Morgan fingerprint density at radius 2 is 2.00 bits per heavy atom. The van der Waals surface area contributed by atoms with Gasteiger partial charge in [0.15, 0.2) is 0 Å². The van der Waals surface area contributed by atoms with E-state index in [0.717, 1.165) is 25.3 Å². The fourth-order valence-corrected chi connectivity index (χ4v) is 5.52. The van der Waals surface area contributed by atoms with Gasteiger partial charge in [-0.3, -0.25) is 19.3 Å². The average Bonchev–Trinajstić information content (AvgIpc) is 3.08. The van der Waals surface area contributed by atoms with Gasteiger partial charge in [0.05, 0.1) is 11.3 Å². The van der Waals surface area contributed by atoms with Gasteiger partial charge in [-0.15, -0.1) is 0 Å². The van der Waals surface area contributed by atoms with Crippen LogP contribution in [0.1, 0.15) is 69.2 Å². The summed E-state index contributed by atoms with van der Waals surface area (Å²) in [5.41, 5.74) is 0.521. The average molecular weight is 441 g/mol. The molecular weight excluding hydrogens is 404 g/mol. The van der Waals surface area contributed by atoms with Crippen molar-refractivity contribution in [2.45, 2.75) is 64.5 Å². The van der Waals surface area contributed by atoms with Gasteiger partial charge < -0.3 is 15.1 Å². The van der Waals surface area contributed by atoms with Crippen molar-refractivity contribution in [1.82, 2.24) is 15.1 Å². The Morgan fingerprint density at radius 3 is 2.81 bits per heavy atom. The summed E-state index contributed by atoms with van der Waals surface area (Å²) < 4.78 is 0. The lowest BCUT2D eigenvalue weighted by Gasteiger charge is -2.48. The molecule has 1 aromatic carbocycles. The number of hydrogen-bond donors (Lipinski definition) is 1. The minimum Gasteiger partial charge on any atom is -0.356 e. The molecule has 174 valence electrons. The number of likely N-dealkylation sites (tertiary alicyclic amines) is 1. The third-order valence-corrected chi connectivity index (χ3v) is 7.27. The molecule has 3 heterocycles. The summed E-state index contributed by atoms with van der Waals surface area (Å²) in [4.78, 5) is 44.3. The first-order valence-electron chi connectivity index (χ1n) is 12.1. The fraction of sp³-hybridized carbons (Fsp3) is 0.640. The van der Waals surface area contributed by atoms with Crippen molar-refractivity contribution in [3.63, 3.8) is 0 Å². The van der Waals surface area contributed by atoms with Crippen LogP contribution in [0.15, 0.2) is 24.3 Å². The van der Waals surface area contributed by atoms with Crippen LogP contribution in [0.4, 0.5) is 5.69 Å². The Kier molecular flexibility index (Phi) is 6.84. The molecule has 3 amide bonds. The quantitative estimate of drug-likeness (QED) is 0.631. The lowest BCUT2D eigenvalue weighted by Crippen LogP contribution is -2.62. The third kappa shape index (κ3) is 4.53. The zero-order chi connectivity index (χ0) is 22.7. The Labute approximate surface area is 191 Å². The van der Waals surface area contributed by atoms with Crippen molar-refractivity contribution in [3.05, 3.63) is 29.8 Å². The molecule has 3 aliphatic rings. The summed E-state index contributed by atoms with van der Waals surface area (Å²) in [6.07, 6.45) is 5.92. The lowest BCUT2D eigenvalue weighted by atomic mass is 9.98. The normalized spacial score (nSPS) is 25.6. The number of nitrogens with zero attached hydrogens (tertiary/aromatic N) is 3. The maximum absolute atomic E-state index is 13.2. The number of unbranched alkanes of at least 4 members (excludes halogenated alkanes) is 1. The lowest BCUT2D eigenvalue weighted by molar-refractivity contribution is -0.121. The predicted molar refractivity (Wildman–Crippen MR) is 124 cm³/mol. The SMILES string of the molecule is C[C@H]1CCCN(CCCCNC(=O)CCN2C(=O)c3ccccc3N3C(=O)CC[C@]23C)C1. The molecule has 2 saturated heterocycles. The first-order valence-corrected chi connectivity index (χ1v) is 12.1. The molecule has 1 N–H and O–H groups in total. The van der Waals surface area contributed by atoms with Gasteiger partial charge in [-0.25, -0.2) is 0 Å². The van der Waals surface area contributed by atoms with E-state index in [1.54, 1.807) is 15.9 Å². The molecule has 7 heteroatoms. The van der Waals surface area contributed by atoms with Gasteiger partial charge in [0.25, 0.3) is 5.91 Å². The number of rotatable bonds is 8. The van der Waals surface area contributed by atoms with Gasteiger partial charge in [-0.1, -0.05) is 19.1 Å². The number of piperidine rings is 1. The predicted octanol–water partition coefficient (Wildman–Crippen LogP) is 3.00. The van der Waals surface area contributed by atoms with Crippen molar-refractivity contribution in [2.75, 3.05) is 37.6 Å². The molecule has 0 unspecified atom stereocenters. The van der Waals surface area contributed by atoms with E-state index in [0.29, 0.717) is 37.2 Å². The van der Waals surface area contributed by atoms with Crippen molar-refractivity contribution in [2.24, 2.45) is 5.92 Å². The number of benzene rings is 1. The van der Waals surface area contributed by atoms with Crippen LogP contribution in [0, 0.1) is 5.92 Å². The largest absolute Gasteiger partial charge is 0.356 e. The molecule has 1 aromatic rings. The van der Waals surface area contributed by atoms with Crippen molar-refractivity contribution < 1.29 is 14.4 Å². The van der Waals surface area contributed by atoms with Gasteiger partial charge in [0, 0.05) is 32.5 Å². The monoisotopic (exact) mass is 440 g/mol. The zero-order valence-corrected chi connectivity index (χ0v) is 19.4. The number of para-hydroxylation sites is 1. The van der Waals surface area contributed by atoms with Crippen LogP contribution in [-0.2, 0) is 9.59 Å². The van der Waals surface area contributed by atoms with Gasteiger partial charge in [-0.05, 0) is 70.2 Å². The van der Waals surface area contributed by atoms with E-state index in [9.17, 15) is 14.4 Å². The Bertz CT molecular complexity index is 872. The Hall–Kier alpha value is -2.41. The Morgan fingerprint density at radius 1 is 1.19 bits per heavy atom. The smallest absolute Gasteiger partial charge is 0.257 e. The highest BCUT2D eigenvalue weighted by molar-refractivity contribution is 6.10. The van der Waals surface area contributed by atoms with E-state index in [4.69, 9.17) is 0 Å². The number of carbonyl (C=O) groups excluding carboxylic acids is 3. The molecule has 7 nitrogen and oxygen atoms in total. The molecule has 0 spiro atoms. The van der Waals surface area contributed by atoms with E-state index >= 15 is 0 Å². The summed E-state index contributed by atoms with van der Waals surface area (Å²) in [7, 11) is 0. The molecule has 3 aliphatic heterocycles. The van der Waals surface area contributed by atoms with E-state index in [-0.39, 0.29) is 24.1 Å². The maximum atomic E-state index is 13.2. The highest BCUT2D eigenvalue weighted by Gasteiger charge is 2.52. The summed E-state index contributed by atoms with van der Waals surface area (Å²) in [6, 6.07) is 7.27. The molecule has 0 saturated carbocycles. The van der Waals surface area contributed by atoms with Gasteiger partial charge >= 0.3 is 0 Å². The summed E-state index contributed by atoms with van der Waals surface area (Å²) in [6.45, 7) is 8.72. The van der Waals surface area contributed by atoms with Crippen molar-refractivity contribution in [1.29, 1.82) is 0 Å². The standard InChI is InChI=1S/C25H36N4O3/c1-19-8-7-16-27(18-19)15-6-5-14-26-22(30)12-17-28-24(32)20-9-3-4-10-21(20)29-23(31)11-13-25(28,29)2/h3-4,9-10,19H,5-8,11-18H2,1-2H3,(H,26,30)/t19-,25+/m0/s1. The molecule has 0 aromatic heterocycles.